The molecule has 2 fully saturated rings. The van der Waals surface area contributed by atoms with Crippen LogP contribution in [-0.2, 0) is 56.8 Å². The fourth-order valence-electron chi connectivity index (χ4n) is 4.87. The molecule has 0 aromatic rings. The average Bonchev–Trinajstić information content (AvgIpc) is 3.24. The first-order valence-corrected chi connectivity index (χ1v) is 24.4. The number of methoxy groups -OCH3 is 8. The first-order valence-electron chi connectivity index (χ1n) is 18.1. The number of rotatable bonds is 18. The SMILES string of the molecule is CC.COC(C)OC(CO)C(C)OC.COC(C)OC(CO)C(C)OC.COC1OC(CO)C(OC)C(C)C1O.COC1OC(CO)C(OC)C(O)C1O.I.II. The molecule has 0 aromatic heterocycles. The number of aliphatic hydroxyl groups excluding tert-OH is 7. The standard InChI is InChI=1S/C9H18O5.C8H16O6.2C8H18O4.C2H6.I2.HI/c1-5-7(11)9(13-3)14-6(4-10)8(5)12-2;1-12-7-4(3-9)14-8(13-2)6(11)5(7)10;2*1-6(10-3)8(5-9)12-7(2)11-4;2*1-2;/h5-11H,4H2,1-3H3;4-11H,3H2,1-2H3;2*6-9H,5H2,1-4H3;1-2H3;;1H. The summed E-state index contributed by atoms with van der Waals surface area (Å²) in [5.41, 5.74) is 0. The number of aliphatic hydroxyl groups is 7. The van der Waals surface area contributed by atoms with Crippen molar-refractivity contribution >= 4 is 61.2 Å². The lowest BCUT2D eigenvalue weighted by atomic mass is 9.91. The highest BCUT2D eigenvalue weighted by Crippen LogP contribution is 2.28. The molecule has 0 aromatic carbocycles. The fourth-order valence-corrected chi connectivity index (χ4v) is 4.87. The van der Waals surface area contributed by atoms with Crippen LogP contribution in [0.2, 0.25) is 0 Å². The van der Waals surface area contributed by atoms with E-state index in [4.69, 9.17) is 77.3 Å². The molecule has 2 rings (SSSR count). The Bertz CT molecular complexity index is 767. The molecule has 19 nitrogen and oxygen atoms in total. The predicted molar refractivity (Wildman–Crippen MR) is 239 cm³/mol. The van der Waals surface area contributed by atoms with Gasteiger partial charge in [0.15, 0.2) is 25.2 Å². The zero-order chi connectivity index (χ0) is 44.6. The first-order chi connectivity index (χ1) is 26.6. The van der Waals surface area contributed by atoms with Crippen molar-refractivity contribution in [2.75, 3.05) is 83.3 Å². The Kier molecular flexibility index (Phi) is 50.6. The maximum atomic E-state index is 9.74. The molecule has 0 radical (unpaired) electrons. The van der Waals surface area contributed by atoms with E-state index in [1.807, 2.05) is 34.6 Å². The number of ether oxygens (including phenoxy) is 12. The second-order valence-electron chi connectivity index (χ2n) is 11.9. The average molecular weight is 1180 g/mol. The van der Waals surface area contributed by atoms with E-state index < -0.39 is 49.2 Å². The topological polar surface area (TPSA) is 252 Å². The molecule has 2 heterocycles. The van der Waals surface area contributed by atoms with Crippen LogP contribution in [0.4, 0.5) is 0 Å². The van der Waals surface area contributed by atoms with Gasteiger partial charge in [0.25, 0.3) is 0 Å². The quantitative estimate of drug-likeness (QED) is 0.0761. The van der Waals surface area contributed by atoms with Crippen LogP contribution in [0, 0.1) is 5.92 Å². The molecule has 0 bridgehead atoms. The smallest absolute Gasteiger partial charge is 0.186 e. The molecular weight excluding hydrogens is 1110 g/mol. The normalized spacial score (nSPS) is 29.7. The zero-order valence-electron chi connectivity index (χ0n) is 36.3. The summed E-state index contributed by atoms with van der Waals surface area (Å²) in [4.78, 5) is 0. The third-order valence-corrected chi connectivity index (χ3v) is 8.57. The van der Waals surface area contributed by atoms with Gasteiger partial charge in [-0.05, 0) is 27.7 Å². The lowest BCUT2D eigenvalue weighted by Gasteiger charge is -2.41. The van der Waals surface area contributed by atoms with Gasteiger partial charge in [-0.1, -0.05) is 20.8 Å². The number of halogens is 3. The molecule has 16 unspecified atom stereocenters. The van der Waals surface area contributed by atoms with Crippen LogP contribution in [0.25, 0.3) is 0 Å². The third-order valence-electron chi connectivity index (χ3n) is 8.57. The summed E-state index contributed by atoms with van der Waals surface area (Å²) in [5.74, 6) is -0.129. The molecule has 0 saturated carbocycles. The largest absolute Gasteiger partial charge is 0.394 e. The van der Waals surface area contributed by atoms with E-state index in [-0.39, 0.29) is 99.4 Å². The predicted octanol–water partition coefficient (Wildman–Crippen LogP) is 1.65. The maximum Gasteiger partial charge on any atom is 0.186 e. The van der Waals surface area contributed by atoms with Crippen LogP contribution in [0.15, 0.2) is 0 Å². The van der Waals surface area contributed by atoms with Crippen molar-refractivity contribution in [2.24, 2.45) is 5.92 Å². The molecular formula is C35H77I3O19. The van der Waals surface area contributed by atoms with Crippen LogP contribution in [0.3, 0.4) is 0 Å². The van der Waals surface area contributed by atoms with E-state index in [9.17, 15) is 15.3 Å². The van der Waals surface area contributed by atoms with Crippen molar-refractivity contribution in [3.05, 3.63) is 0 Å². The summed E-state index contributed by atoms with van der Waals surface area (Å²) < 4.78 is 60.7. The van der Waals surface area contributed by atoms with Gasteiger partial charge >= 0.3 is 0 Å². The van der Waals surface area contributed by atoms with Gasteiger partial charge in [0, 0.05) is 100 Å². The van der Waals surface area contributed by atoms with Gasteiger partial charge in [0.1, 0.15) is 48.8 Å². The molecule has 57 heavy (non-hydrogen) atoms. The Hall–Kier alpha value is 1.43. The third kappa shape index (κ3) is 26.6. The number of hydrogen-bond acceptors (Lipinski definition) is 19. The van der Waals surface area contributed by atoms with Crippen LogP contribution < -0.4 is 0 Å². The summed E-state index contributed by atoms with van der Waals surface area (Å²) in [6.45, 7) is 12.5. The highest BCUT2D eigenvalue weighted by molar-refractivity contribution is 15.0. The molecule has 0 aliphatic carbocycles. The molecule has 7 N–H and O–H groups in total. The molecule has 2 saturated heterocycles. The minimum absolute atomic E-state index is 0. The Morgan fingerprint density at radius 2 is 0.860 bits per heavy atom. The lowest BCUT2D eigenvalue weighted by molar-refractivity contribution is -0.298. The van der Waals surface area contributed by atoms with E-state index in [0.29, 0.717) is 0 Å². The van der Waals surface area contributed by atoms with Crippen molar-refractivity contribution in [3.63, 3.8) is 0 Å². The van der Waals surface area contributed by atoms with Gasteiger partial charge < -0.3 is 92.6 Å². The molecule has 22 heteroatoms. The molecule has 2 aliphatic rings. The van der Waals surface area contributed by atoms with E-state index in [1.165, 1.54) is 28.4 Å². The van der Waals surface area contributed by atoms with E-state index in [1.54, 1.807) is 42.3 Å². The minimum Gasteiger partial charge on any atom is -0.394 e. The summed E-state index contributed by atoms with van der Waals surface area (Å²) in [7, 11) is 12.0. The Morgan fingerprint density at radius 1 is 0.526 bits per heavy atom. The number of hydrogen-bond donors (Lipinski definition) is 7. The van der Waals surface area contributed by atoms with Crippen LogP contribution in [-0.4, -0.2) is 211 Å². The van der Waals surface area contributed by atoms with Crippen molar-refractivity contribution < 1.29 is 92.6 Å². The van der Waals surface area contributed by atoms with E-state index in [0.717, 1.165) is 0 Å². The second-order valence-corrected chi connectivity index (χ2v) is 11.9. The highest BCUT2D eigenvalue weighted by atomic mass is 128. The molecule has 352 valence electrons. The van der Waals surface area contributed by atoms with Crippen molar-refractivity contribution in [1.82, 2.24) is 0 Å². The summed E-state index contributed by atoms with van der Waals surface area (Å²) in [6, 6.07) is 0. The van der Waals surface area contributed by atoms with Gasteiger partial charge in [-0.2, -0.15) is 0 Å². The Morgan fingerprint density at radius 3 is 1.12 bits per heavy atom. The van der Waals surface area contributed by atoms with Gasteiger partial charge in [0.05, 0.1) is 44.7 Å². The maximum absolute atomic E-state index is 9.74. The summed E-state index contributed by atoms with van der Waals surface area (Å²) >= 11 is 4.24. The molecule has 0 spiro atoms. The monoisotopic (exact) mass is 1180 g/mol. The summed E-state index contributed by atoms with van der Waals surface area (Å²) in [6.07, 6.45) is -8.40. The van der Waals surface area contributed by atoms with Gasteiger partial charge in [-0.25, -0.2) is 0 Å². The van der Waals surface area contributed by atoms with Crippen molar-refractivity contribution in [2.45, 2.75) is 141 Å². The first kappa shape index (κ1) is 67.5. The van der Waals surface area contributed by atoms with Crippen molar-refractivity contribution in [3.8, 4) is 0 Å². The van der Waals surface area contributed by atoms with Gasteiger partial charge in [0.2, 0.25) is 0 Å². The second kappa shape index (κ2) is 42.7. The van der Waals surface area contributed by atoms with Crippen LogP contribution in [0.5, 0.6) is 0 Å². The van der Waals surface area contributed by atoms with Gasteiger partial charge in [-0.3, -0.25) is 0 Å². The highest BCUT2D eigenvalue weighted by Gasteiger charge is 2.45. The van der Waals surface area contributed by atoms with E-state index in [2.05, 4.69) is 37.2 Å². The van der Waals surface area contributed by atoms with E-state index >= 15 is 0 Å². The van der Waals surface area contributed by atoms with Gasteiger partial charge in [-0.15, -0.1) is 24.0 Å². The fraction of sp³-hybridized carbons (Fsp3) is 1.00. The van der Waals surface area contributed by atoms with Crippen LogP contribution >= 0.6 is 61.2 Å². The molecule has 16 atom stereocenters. The zero-order valence-corrected chi connectivity index (χ0v) is 42.9. The minimum atomic E-state index is -1.17. The Labute approximate surface area is 381 Å². The summed E-state index contributed by atoms with van der Waals surface area (Å²) in [5, 5.41) is 64.7. The van der Waals surface area contributed by atoms with Crippen LogP contribution in [0.1, 0.15) is 48.5 Å². The lowest BCUT2D eigenvalue weighted by Crippen LogP contribution is -2.59. The molecule has 0 amide bonds. The molecule has 2 aliphatic heterocycles. The van der Waals surface area contributed by atoms with Crippen molar-refractivity contribution in [1.29, 1.82) is 0 Å². The Balaban J connectivity index is -0.000000204.